The molecule has 102 valence electrons. The second-order valence-electron chi connectivity index (χ2n) is 5.41. The van der Waals surface area contributed by atoms with E-state index in [2.05, 4.69) is 29.8 Å². The minimum absolute atomic E-state index is 0.102. The summed E-state index contributed by atoms with van der Waals surface area (Å²) in [5.74, 6) is 0.178. The second-order valence-corrected chi connectivity index (χ2v) is 6.47. The molecule has 2 aliphatic heterocycles. The maximum atomic E-state index is 12.5. The molecular formula is C15H15N3OS. The van der Waals surface area contributed by atoms with E-state index in [9.17, 15) is 4.79 Å². The molecular weight excluding hydrogens is 270 g/mol. The molecule has 1 saturated heterocycles. The molecule has 2 aliphatic rings. The number of likely N-dealkylation sites (N-methyl/N-ethyl adjacent to an activating group) is 1. The molecule has 20 heavy (non-hydrogen) atoms. The zero-order valence-electron chi connectivity index (χ0n) is 11.5. The van der Waals surface area contributed by atoms with Gasteiger partial charge >= 0.3 is 0 Å². The van der Waals surface area contributed by atoms with Crippen molar-refractivity contribution in [1.29, 1.82) is 0 Å². The van der Waals surface area contributed by atoms with Crippen LogP contribution in [0.1, 0.15) is 23.5 Å². The molecule has 5 heteroatoms. The van der Waals surface area contributed by atoms with Gasteiger partial charge in [-0.2, -0.15) is 0 Å². The van der Waals surface area contributed by atoms with Crippen molar-refractivity contribution in [2.24, 2.45) is 0 Å². The van der Waals surface area contributed by atoms with E-state index in [1.807, 2.05) is 17.0 Å². The fourth-order valence-electron chi connectivity index (χ4n) is 3.07. The van der Waals surface area contributed by atoms with Crippen LogP contribution in [0.4, 0.5) is 5.69 Å². The molecule has 0 spiro atoms. The molecule has 2 aromatic heterocycles. The number of hydrogen-bond donors (Lipinski definition) is 0. The van der Waals surface area contributed by atoms with Gasteiger partial charge in [-0.15, -0.1) is 11.3 Å². The molecule has 0 N–H and O–H groups in total. The van der Waals surface area contributed by atoms with Crippen molar-refractivity contribution < 1.29 is 4.79 Å². The van der Waals surface area contributed by atoms with E-state index in [0.717, 1.165) is 34.1 Å². The highest BCUT2D eigenvalue weighted by atomic mass is 32.1. The molecule has 1 unspecified atom stereocenters. The first kappa shape index (κ1) is 11.9. The predicted molar refractivity (Wildman–Crippen MR) is 80.0 cm³/mol. The van der Waals surface area contributed by atoms with Crippen molar-refractivity contribution in [1.82, 2.24) is 9.88 Å². The summed E-state index contributed by atoms with van der Waals surface area (Å²) in [4.78, 5) is 22.8. The number of carbonyl (C=O) groups is 1. The average molecular weight is 285 g/mol. The van der Waals surface area contributed by atoms with Crippen LogP contribution < -0.4 is 4.90 Å². The summed E-state index contributed by atoms with van der Waals surface area (Å²) in [6.45, 7) is 6.04. The molecule has 1 atom stereocenters. The molecule has 1 amide bonds. The van der Waals surface area contributed by atoms with Gasteiger partial charge in [-0.1, -0.05) is 0 Å². The SMILES string of the molecule is CCN1c2cc(-c3ccncc3)sc2C(=O)N2CC21C. The maximum Gasteiger partial charge on any atom is 0.268 e. The van der Waals surface area contributed by atoms with Crippen LogP contribution in [0, 0.1) is 0 Å². The van der Waals surface area contributed by atoms with Gasteiger partial charge in [-0.05, 0) is 37.6 Å². The van der Waals surface area contributed by atoms with Crippen LogP contribution in [-0.4, -0.2) is 34.5 Å². The van der Waals surface area contributed by atoms with Gasteiger partial charge in [-0.25, -0.2) is 0 Å². The first-order chi connectivity index (χ1) is 9.65. The molecule has 4 rings (SSSR count). The number of rotatable bonds is 2. The Kier molecular flexibility index (Phi) is 2.27. The van der Waals surface area contributed by atoms with E-state index in [-0.39, 0.29) is 11.6 Å². The van der Waals surface area contributed by atoms with E-state index in [4.69, 9.17) is 0 Å². The highest BCUT2D eigenvalue weighted by molar-refractivity contribution is 7.18. The lowest BCUT2D eigenvalue weighted by Gasteiger charge is -2.33. The van der Waals surface area contributed by atoms with Crippen molar-refractivity contribution in [3.8, 4) is 10.4 Å². The van der Waals surface area contributed by atoms with Crippen molar-refractivity contribution in [2.45, 2.75) is 19.5 Å². The summed E-state index contributed by atoms with van der Waals surface area (Å²) in [5.41, 5.74) is 2.11. The number of fused-ring (bicyclic) bond motifs is 2. The minimum Gasteiger partial charge on any atom is -0.346 e. The highest BCUT2D eigenvalue weighted by Crippen LogP contribution is 2.50. The standard InChI is InChI=1S/C15H15N3OS/c1-3-17-11-8-12(10-4-6-16-7-5-10)20-13(11)14(19)18-9-15(17,18)2/h4-8H,3,9H2,1-2H3. The Morgan fingerprint density at radius 1 is 1.40 bits per heavy atom. The van der Waals surface area contributed by atoms with Crippen molar-refractivity contribution in [3.63, 3.8) is 0 Å². The lowest BCUT2D eigenvalue weighted by molar-refractivity contribution is 0.0851. The number of pyridine rings is 1. The Balaban J connectivity index is 1.85. The first-order valence-electron chi connectivity index (χ1n) is 6.79. The number of thiophene rings is 1. The van der Waals surface area contributed by atoms with E-state index in [1.54, 1.807) is 23.7 Å². The molecule has 0 saturated carbocycles. The quantitative estimate of drug-likeness (QED) is 0.796. The molecule has 0 aliphatic carbocycles. The summed E-state index contributed by atoms with van der Waals surface area (Å²) in [5, 5.41) is 0. The smallest absolute Gasteiger partial charge is 0.268 e. The van der Waals surface area contributed by atoms with Crippen molar-refractivity contribution in [3.05, 3.63) is 35.5 Å². The van der Waals surface area contributed by atoms with Crippen LogP contribution in [0.15, 0.2) is 30.6 Å². The normalized spacial score (nSPS) is 23.6. The third-order valence-electron chi connectivity index (χ3n) is 4.24. The molecule has 2 aromatic rings. The van der Waals surface area contributed by atoms with Crippen LogP contribution in [0.2, 0.25) is 0 Å². The predicted octanol–water partition coefficient (Wildman–Crippen LogP) is 2.82. The Hall–Kier alpha value is -1.88. The van der Waals surface area contributed by atoms with Gasteiger partial charge in [0.05, 0.1) is 12.2 Å². The Bertz CT molecular complexity index is 696. The highest BCUT2D eigenvalue weighted by Gasteiger charge is 2.59. The van der Waals surface area contributed by atoms with Crippen molar-refractivity contribution in [2.75, 3.05) is 18.0 Å². The third kappa shape index (κ3) is 1.41. The summed E-state index contributed by atoms with van der Waals surface area (Å²) in [6, 6.07) is 6.12. The average Bonchev–Trinajstić information content (AvgIpc) is 2.97. The minimum atomic E-state index is -0.102. The molecule has 4 nitrogen and oxygen atoms in total. The summed E-state index contributed by atoms with van der Waals surface area (Å²) in [6.07, 6.45) is 3.57. The van der Waals surface area contributed by atoms with Crippen LogP contribution in [0.3, 0.4) is 0 Å². The van der Waals surface area contributed by atoms with E-state index < -0.39 is 0 Å². The summed E-state index contributed by atoms with van der Waals surface area (Å²) >= 11 is 1.58. The number of carbonyl (C=O) groups excluding carboxylic acids is 1. The van der Waals surface area contributed by atoms with Gasteiger partial charge in [0.1, 0.15) is 10.5 Å². The van der Waals surface area contributed by atoms with Gasteiger partial charge in [0.25, 0.3) is 5.91 Å². The number of amides is 1. The monoisotopic (exact) mass is 285 g/mol. The third-order valence-corrected chi connectivity index (χ3v) is 5.40. The first-order valence-corrected chi connectivity index (χ1v) is 7.60. The van der Waals surface area contributed by atoms with Gasteiger partial charge in [-0.3, -0.25) is 9.78 Å². The van der Waals surface area contributed by atoms with Crippen LogP contribution in [-0.2, 0) is 0 Å². The maximum absolute atomic E-state index is 12.5. The van der Waals surface area contributed by atoms with Crippen LogP contribution in [0.5, 0.6) is 0 Å². The van der Waals surface area contributed by atoms with E-state index in [0.29, 0.717) is 0 Å². The molecule has 0 aromatic carbocycles. The van der Waals surface area contributed by atoms with Gasteiger partial charge in [0.15, 0.2) is 0 Å². The molecule has 0 radical (unpaired) electrons. The number of aromatic nitrogens is 1. The Labute approximate surface area is 121 Å². The fourth-order valence-corrected chi connectivity index (χ4v) is 4.19. The van der Waals surface area contributed by atoms with E-state index in [1.165, 1.54) is 0 Å². The number of nitrogens with zero attached hydrogens (tertiary/aromatic N) is 3. The summed E-state index contributed by atoms with van der Waals surface area (Å²) in [7, 11) is 0. The van der Waals surface area contributed by atoms with Crippen LogP contribution in [0.25, 0.3) is 10.4 Å². The van der Waals surface area contributed by atoms with Crippen LogP contribution >= 0.6 is 11.3 Å². The molecule has 1 fully saturated rings. The van der Waals surface area contributed by atoms with Gasteiger partial charge in [0, 0.05) is 23.8 Å². The van der Waals surface area contributed by atoms with E-state index >= 15 is 0 Å². The topological polar surface area (TPSA) is 36.2 Å². The second kappa shape index (κ2) is 3.82. The van der Waals surface area contributed by atoms with Gasteiger partial charge in [0.2, 0.25) is 0 Å². The Morgan fingerprint density at radius 2 is 2.15 bits per heavy atom. The van der Waals surface area contributed by atoms with Crippen molar-refractivity contribution >= 4 is 22.9 Å². The fraction of sp³-hybridized carbons (Fsp3) is 0.333. The molecule has 0 bridgehead atoms. The zero-order chi connectivity index (χ0) is 13.9. The lowest BCUT2D eigenvalue weighted by atomic mass is 10.1. The zero-order valence-corrected chi connectivity index (χ0v) is 12.3. The Morgan fingerprint density at radius 3 is 2.85 bits per heavy atom. The number of anilines is 1. The molecule has 4 heterocycles. The largest absolute Gasteiger partial charge is 0.346 e. The van der Waals surface area contributed by atoms with Gasteiger partial charge < -0.3 is 9.80 Å². The number of hydrogen-bond acceptors (Lipinski definition) is 4. The lowest BCUT2D eigenvalue weighted by Crippen LogP contribution is -2.44. The summed E-state index contributed by atoms with van der Waals surface area (Å²) < 4.78 is 0.